The van der Waals surface area contributed by atoms with Gasteiger partial charge in [0.2, 0.25) is 0 Å². The SMILES string of the molecule is CC12CCC(O)CC1CCC1C2C(O)CC2(C)C1CCC2(O)C(O)C(=O)O. The van der Waals surface area contributed by atoms with Crippen molar-refractivity contribution in [1.29, 1.82) is 0 Å². The van der Waals surface area contributed by atoms with Crippen LogP contribution in [0.1, 0.15) is 65.2 Å². The highest BCUT2D eigenvalue weighted by molar-refractivity contribution is 5.74. The Labute approximate surface area is 160 Å². The molecule has 4 fully saturated rings. The molecule has 0 aliphatic heterocycles. The topological polar surface area (TPSA) is 118 Å². The third-order valence-electron chi connectivity index (χ3n) is 9.47. The van der Waals surface area contributed by atoms with Gasteiger partial charge in [0.25, 0.3) is 0 Å². The minimum atomic E-state index is -1.83. The van der Waals surface area contributed by atoms with Gasteiger partial charge in [0.1, 0.15) is 5.60 Å². The summed E-state index contributed by atoms with van der Waals surface area (Å²) in [6.45, 7) is 4.13. The molecule has 0 aromatic heterocycles. The maximum atomic E-state index is 11.4. The molecule has 6 heteroatoms. The Morgan fingerprint density at radius 3 is 2.44 bits per heavy atom. The quantitative estimate of drug-likeness (QED) is 0.494. The van der Waals surface area contributed by atoms with Gasteiger partial charge in [-0.05, 0) is 80.5 Å². The van der Waals surface area contributed by atoms with E-state index in [0.717, 1.165) is 32.1 Å². The largest absolute Gasteiger partial charge is 0.479 e. The molecule has 4 rings (SSSR count). The summed E-state index contributed by atoms with van der Waals surface area (Å²) in [6, 6.07) is 0. The summed E-state index contributed by atoms with van der Waals surface area (Å²) in [4.78, 5) is 11.4. The molecular weight excluding hydrogens is 348 g/mol. The molecule has 0 aromatic rings. The van der Waals surface area contributed by atoms with E-state index in [1.54, 1.807) is 0 Å². The average Bonchev–Trinajstić information content (AvgIpc) is 2.86. The zero-order valence-corrected chi connectivity index (χ0v) is 16.3. The molecule has 4 saturated carbocycles. The first-order valence-corrected chi connectivity index (χ1v) is 10.5. The maximum absolute atomic E-state index is 11.4. The fourth-order valence-electron chi connectivity index (χ4n) is 8.05. The van der Waals surface area contributed by atoms with Gasteiger partial charge in [-0.1, -0.05) is 13.8 Å². The molecule has 27 heavy (non-hydrogen) atoms. The van der Waals surface area contributed by atoms with Crippen LogP contribution in [-0.4, -0.2) is 55.4 Å². The van der Waals surface area contributed by atoms with Gasteiger partial charge in [0.05, 0.1) is 12.2 Å². The fraction of sp³-hybridized carbons (Fsp3) is 0.952. The molecule has 10 atom stereocenters. The number of aliphatic carboxylic acids is 1. The van der Waals surface area contributed by atoms with Crippen LogP contribution in [0.15, 0.2) is 0 Å². The summed E-state index contributed by atoms with van der Waals surface area (Å²) in [5, 5.41) is 52.2. The predicted octanol–water partition coefficient (Wildman–Crippen LogP) is 1.54. The molecule has 5 N–H and O–H groups in total. The number of aliphatic hydroxyl groups is 4. The van der Waals surface area contributed by atoms with Crippen molar-refractivity contribution in [3.05, 3.63) is 0 Å². The van der Waals surface area contributed by atoms with Gasteiger partial charge in [-0.2, -0.15) is 0 Å². The molecule has 0 heterocycles. The van der Waals surface area contributed by atoms with Crippen LogP contribution >= 0.6 is 0 Å². The summed E-state index contributed by atoms with van der Waals surface area (Å²) in [5.74, 6) is -0.537. The second-order valence-electron chi connectivity index (χ2n) is 10.4. The van der Waals surface area contributed by atoms with Crippen LogP contribution in [0.5, 0.6) is 0 Å². The number of hydrogen-bond donors (Lipinski definition) is 5. The Kier molecular flexibility index (Phi) is 4.47. The Hall–Kier alpha value is -0.690. The second-order valence-corrected chi connectivity index (χ2v) is 10.4. The van der Waals surface area contributed by atoms with Crippen LogP contribution in [-0.2, 0) is 4.79 Å². The highest BCUT2D eigenvalue weighted by atomic mass is 16.4. The predicted molar refractivity (Wildman–Crippen MR) is 97.7 cm³/mol. The van der Waals surface area contributed by atoms with E-state index in [4.69, 9.17) is 0 Å². The summed E-state index contributed by atoms with van der Waals surface area (Å²) in [6.07, 6.45) is 3.01. The molecule has 0 saturated heterocycles. The first-order valence-electron chi connectivity index (χ1n) is 10.5. The van der Waals surface area contributed by atoms with Crippen LogP contribution in [0.3, 0.4) is 0 Å². The smallest absolute Gasteiger partial charge is 0.335 e. The monoisotopic (exact) mass is 382 g/mol. The number of aliphatic hydroxyl groups excluding tert-OH is 3. The van der Waals surface area contributed by atoms with Crippen molar-refractivity contribution >= 4 is 5.97 Å². The standard InChI is InChI=1S/C21H34O6/c1-19-7-5-12(22)9-11(19)3-4-13-14-6-8-21(27,17(24)18(25)26)20(14,2)10-15(23)16(13)19/h11-17,22-24,27H,3-10H2,1-2H3,(H,25,26). The molecule has 10 unspecified atom stereocenters. The van der Waals surface area contributed by atoms with Gasteiger partial charge in [-0.15, -0.1) is 0 Å². The van der Waals surface area contributed by atoms with Gasteiger partial charge < -0.3 is 25.5 Å². The highest BCUT2D eigenvalue weighted by Crippen LogP contribution is 2.68. The molecule has 0 radical (unpaired) electrons. The van der Waals surface area contributed by atoms with Crippen molar-refractivity contribution in [2.75, 3.05) is 0 Å². The Morgan fingerprint density at radius 1 is 1.07 bits per heavy atom. The number of carboxylic acid groups (broad SMARTS) is 1. The van der Waals surface area contributed by atoms with E-state index in [9.17, 15) is 30.3 Å². The van der Waals surface area contributed by atoms with Crippen LogP contribution in [0.4, 0.5) is 0 Å². The summed E-state index contributed by atoms with van der Waals surface area (Å²) in [5.41, 5.74) is -2.52. The van der Waals surface area contributed by atoms with Crippen LogP contribution in [0.2, 0.25) is 0 Å². The lowest BCUT2D eigenvalue weighted by Crippen LogP contribution is -2.64. The lowest BCUT2D eigenvalue weighted by atomic mass is 9.43. The second kappa shape index (κ2) is 6.15. The van der Waals surface area contributed by atoms with Crippen LogP contribution in [0.25, 0.3) is 0 Å². The molecule has 0 bridgehead atoms. The summed E-state index contributed by atoms with van der Waals surface area (Å²) in [7, 11) is 0. The zero-order valence-electron chi connectivity index (χ0n) is 16.3. The highest BCUT2D eigenvalue weighted by Gasteiger charge is 2.69. The lowest BCUT2D eigenvalue weighted by Gasteiger charge is -2.63. The van der Waals surface area contributed by atoms with Crippen molar-refractivity contribution in [2.24, 2.45) is 34.5 Å². The average molecular weight is 382 g/mol. The van der Waals surface area contributed by atoms with Gasteiger partial charge in [-0.25, -0.2) is 4.79 Å². The van der Waals surface area contributed by atoms with E-state index in [1.807, 2.05) is 6.92 Å². The van der Waals surface area contributed by atoms with Crippen molar-refractivity contribution in [1.82, 2.24) is 0 Å². The number of hydrogen-bond acceptors (Lipinski definition) is 5. The minimum Gasteiger partial charge on any atom is -0.479 e. The number of rotatable bonds is 2. The van der Waals surface area contributed by atoms with E-state index in [-0.39, 0.29) is 35.7 Å². The van der Waals surface area contributed by atoms with Crippen molar-refractivity contribution in [2.45, 2.75) is 89.1 Å². The zero-order chi connectivity index (χ0) is 19.8. The van der Waals surface area contributed by atoms with Crippen LogP contribution < -0.4 is 0 Å². The van der Waals surface area contributed by atoms with Gasteiger partial charge in [0.15, 0.2) is 6.10 Å². The van der Waals surface area contributed by atoms with E-state index in [0.29, 0.717) is 18.8 Å². The van der Waals surface area contributed by atoms with Crippen molar-refractivity contribution < 1.29 is 30.3 Å². The van der Waals surface area contributed by atoms with Gasteiger partial charge in [-0.3, -0.25) is 0 Å². The number of fused-ring (bicyclic) bond motifs is 5. The minimum absolute atomic E-state index is 0.0188. The number of carbonyl (C=O) groups is 1. The molecule has 6 nitrogen and oxygen atoms in total. The molecule has 4 aliphatic carbocycles. The van der Waals surface area contributed by atoms with E-state index < -0.39 is 29.2 Å². The molecule has 0 spiro atoms. The van der Waals surface area contributed by atoms with Gasteiger partial charge >= 0.3 is 5.97 Å². The molecule has 4 aliphatic rings. The molecule has 154 valence electrons. The normalized spacial score (nSPS) is 55.9. The van der Waals surface area contributed by atoms with E-state index >= 15 is 0 Å². The summed E-state index contributed by atoms with van der Waals surface area (Å²) < 4.78 is 0. The Morgan fingerprint density at radius 2 is 1.78 bits per heavy atom. The first-order chi connectivity index (χ1) is 12.5. The van der Waals surface area contributed by atoms with E-state index in [1.165, 1.54) is 0 Å². The fourth-order valence-corrected chi connectivity index (χ4v) is 8.05. The molecular formula is C21H34O6. The van der Waals surface area contributed by atoms with Crippen LogP contribution in [0, 0.1) is 34.5 Å². The molecule has 0 aromatic carbocycles. The van der Waals surface area contributed by atoms with Gasteiger partial charge in [0, 0.05) is 5.41 Å². The Bertz CT molecular complexity index is 624. The van der Waals surface area contributed by atoms with Crippen molar-refractivity contribution in [3.63, 3.8) is 0 Å². The lowest BCUT2D eigenvalue weighted by molar-refractivity contribution is -0.223. The molecule has 0 amide bonds. The third-order valence-corrected chi connectivity index (χ3v) is 9.47. The van der Waals surface area contributed by atoms with E-state index in [2.05, 4.69) is 6.92 Å². The first kappa shape index (κ1) is 19.6. The number of carboxylic acids is 1. The summed E-state index contributed by atoms with van der Waals surface area (Å²) >= 11 is 0. The van der Waals surface area contributed by atoms with Crippen molar-refractivity contribution in [3.8, 4) is 0 Å². The Balaban J connectivity index is 1.68. The maximum Gasteiger partial charge on any atom is 0.335 e. The third kappa shape index (κ3) is 2.49.